The van der Waals surface area contributed by atoms with Crippen LogP contribution in [0.1, 0.15) is 45.5 Å². The molecule has 0 spiro atoms. The van der Waals surface area contributed by atoms with Crippen molar-refractivity contribution in [1.29, 1.82) is 0 Å². The normalized spacial score (nSPS) is 11.5. The van der Waals surface area contributed by atoms with Crippen LogP contribution in [-0.4, -0.2) is 14.7 Å². The summed E-state index contributed by atoms with van der Waals surface area (Å²) in [5.74, 6) is 1.42. The highest BCUT2D eigenvalue weighted by molar-refractivity contribution is 5.11. The molecule has 1 rings (SSSR count). The molecule has 0 bridgehead atoms. The standard InChI is InChI=1S/C9H16N2O/c1-6(2)9-10-8(12)5-11(9)7(3)4/h5-7,12H,1-4H3. The van der Waals surface area contributed by atoms with Crippen molar-refractivity contribution in [3.05, 3.63) is 12.0 Å². The van der Waals surface area contributed by atoms with E-state index in [-0.39, 0.29) is 5.88 Å². The Balaban J connectivity index is 3.08. The highest BCUT2D eigenvalue weighted by atomic mass is 16.3. The van der Waals surface area contributed by atoms with Crippen LogP contribution in [0.4, 0.5) is 0 Å². The molecular formula is C9H16N2O. The summed E-state index contributed by atoms with van der Waals surface area (Å²) in [5.41, 5.74) is 0. The molecule has 0 atom stereocenters. The van der Waals surface area contributed by atoms with Crippen molar-refractivity contribution in [3.8, 4) is 5.88 Å². The number of hydrogen-bond acceptors (Lipinski definition) is 2. The zero-order valence-corrected chi connectivity index (χ0v) is 8.07. The lowest BCUT2D eigenvalue weighted by molar-refractivity contribution is 0.453. The Morgan fingerprint density at radius 3 is 2.25 bits per heavy atom. The Bertz CT molecular complexity index is 238. The van der Waals surface area contributed by atoms with E-state index in [9.17, 15) is 5.11 Å². The second kappa shape index (κ2) is 3.17. The summed E-state index contributed by atoms with van der Waals surface area (Å²) in [5, 5.41) is 9.20. The summed E-state index contributed by atoms with van der Waals surface area (Å²) in [7, 11) is 0. The molecule has 12 heavy (non-hydrogen) atoms. The van der Waals surface area contributed by atoms with E-state index in [4.69, 9.17) is 0 Å². The van der Waals surface area contributed by atoms with Gasteiger partial charge in [0.2, 0.25) is 5.88 Å². The molecule has 1 aromatic heterocycles. The molecule has 0 aliphatic rings. The first-order valence-electron chi connectivity index (χ1n) is 4.30. The molecule has 3 nitrogen and oxygen atoms in total. The van der Waals surface area contributed by atoms with Crippen molar-refractivity contribution in [1.82, 2.24) is 9.55 Å². The first-order chi connectivity index (χ1) is 5.52. The Labute approximate surface area is 73.1 Å². The number of nitrogens with zero attached hydrogens (tertiary/aromatic N) is 2. The number of aromatic nitrogens is 2. The molecule has 1 aromatic rings. The fourth-order valence-electron chi connectivity index (χ4n) is 1.24. The van der Waals surface area contributed by atoms with Crippen LogP contribution in [0.5, 0.6) is 5.88 Å². The molecule has 0 aliphatic heterocycles. The molecule has 0 aliphatic carbocycles. The fraction of sp³-hybridized carbons (Fsp3) is 0.667. The van der Waals surface area contributed by atoms with Gasteiger partial charge in [0.15, 0.2) is 0 Å². The third kappa shape index (κ3) is 1.60. The highest BCUT2D eigenvalue weighted by Crippen LogP contribution is 2.21. The molecule has 0 saturated heterocycles. The Hall–Kier alpha value is -0.990. The maximum Gasteiger partial charge on any atom is 0.229 e. The number of imidazole rings is 1. The lowest BCUT2D eigenvalue weighted by Gasteiger charge is -2.12. The van der Waals surface area contributed by atoms with E-state index in [1.165, 1.54) is 0 Å². The average molecular weight is 168 g/mol. The second-order valence-corrected chi connectivity index (χ2v) is 3.61. The van der Waals surface area contributed by atoms with E-state index < -0.39 is 0 Å². The van der Waals surface area contributed by atoms with Crippen molar-refractivity contribution < 1.29 is 5.11 Å². The van der Waals surface area contributed by atoms with Crippen molar-refractivity contribution in [2.45, 2.75) is 39.7 Å². The highest BCUT2D eigenvalue weighted by Gasteiger charge is 2.12. The molecule has 1 N–H and O–H groups in total. The van der Waals surface area contributed by atoms with E-state index in [2.05, 4.69) is 32.7 Å². The van der Waals surface area contributed by atoms with Gasteiger partial charge < -0.3 is 9.67 Å². The molecule has 0 unspecified atom stereocenters. The summed E-state index contributed by atoms with van der Waals surface area (Å²) in [6, 6.07) is 0.357. The van der Waals surface area contributed by atoms with Crippen molar-refractivity contribution in [2.75, 3.05) is 0 Å². The van der Waals surface area contributed by atoms with Crippen LogP contribution in [0.2, 0.25) is 0 Å². The van der Waals surface area contributed by atoms with Crippen molar-refractivity contribution in [3.63, 3.8) is 0 Å². The van der Waals surface area contributed by atoms with Crippen molar-refractivity contribution in [2.24, 2.45) is 0 Å². The summed E-state index contributed by atoms with van der Waals surface area (Å²) in [4.78, 5) is 4.05. The van der Waals surface area contributed by atoms with Crippen LogP contribution in [-0.2, 0) is 0 Å². The molecule has 0 saturated carbocycles. The van der Waals surface area contributed by atoms with Gasteiger partial charge in [-0.1, -0.05) is 13.8 Å². The Morgan fingerprint density at radius 2 is 1.92 bits per heavy atom. The van der Waals surface area contributed by atoms with E-state index in [1.54, 1.807) is 6.20 Å². The number of hydrogen-bond donors (Lipinski definition) is 1. The summed E-state index contributed by atoms with van der Waals surface area (Å²) < 4.78 is 2.00. The lowest BCUT2D eigenvalue weighted by Crippen LogP contribution is -2.06. The third-order valence-corrected chi connectivity index (χ3v) is 1.82. The first kappa shape index (κ1) is 9.10. The summed E-state index contributed by atoms with van der Waals surface area (Å²) in [6.45, 7) is 8.29. The molecule has 0 radical (unpaired) electrons. The number of rotatable bonds is 2. The Morgan fingerprint density at radius 1 is 1.33 bits per heavy atom. The van der Waals surface area contributed by atoms with Crippen molar-refractivity contribution >= 4 is 0 Å². The SMILES string of the molecule is CC(C)c1nc(O)cn1C(C)C. The van der Waals surface area contributed by atoms with Crippen LogP contribution in [0.15, 0.2) is 6.20 Å². The second-order valence-electron chi connectivity index (χ2n) is 3.61. The van der Waals surface area contributed by atoms with Crippen LogP contribution < -0.4 is 0 Å². The molecule has 0 fully saturated rings. The van der Waals surface area contributed by atoms with Gasteiger partial charge in [0.1, 0.15) is 5.82 Å². The molecule has 68 valence electrons. The largest absolute Gasteiger partial charge is 0.492 e. The molecule has 3 heteroatoms. The number of aromatic hydroxyl groups is 1. The van der Waals surface area contributed by atoms with Crippen LogP contribution in [0.3, 0.4) is 0 Å². The monoisotopic (exact) mass is 168 g/mol. The van der Waals surface area contributed by atoms with Crippen LogP contribution >= 0.6 is 0 Å². The van der Waals surface area contributed by atoms with Gasteiger partial charge in [0, 0.05) is 12.0 Å². The molecule has 0 aromatic carbocycles. The molecule has 0 amide bonds. The van der Waals surface area contributed by atoms with E-state index in [0.717, 1.165) is 5.82 Å². The van der Waals surface area contributed by atoms with Gasteiger partial charge in [-0.15, -0.1) is 0 Å². The lowest BCUT2D eigenvalue weighted by atomic mass is 10.2. The van der Waals surface area contributed by atoms with Crippen LogP contribution in [0, 0.1) is 0 Å². The maximum atomic E-state index is 9.20. The zero-order chi connectivity index (χ0) is 9.30. The summed E-state index contributed by atoms with van der Waals surface area (Å²) >= 11 is 0. The van der Waals surface area contributed by atoms with Gasteiger partial charge in [0.25, 0.3) is 0 Å². The summed E-state index contributed by atoms with van der Waals surface area (Å²) in [6.07, 6.45) is 1.68. The zero-order valence-electron chi connectivity index (χ0n) is 8.07. The van der Waals surface area contributed by atoms with Gasteiger partial charge in [-0.2, -0.15) is 4.98 Å². The topological polar surface area (TPSA) is 38.1 Å². The van der Waals surface area contributed by atoms with Gasteiger partial charge in [-0.25, -0.2) is 0 Å². The van der Waals surface area contributed by atoms with Gasteiger partial charge in [-0.05, 0) is 13.8 Å². The molecule has 1 heterocycles. The van der Waals surface area contributed by atoms with E-state index >= 15 is 0 Å². The quantitative estimate of drug-likeness (QED) is 0.735. The van der Waals surface area contributed by atoms with E-state index in [0.29, 0.717) is 12.0 Å². The van der Waals surface area contributed by atoms with Gasteiger partial charge >= 0.3 is 0 Å². The predicted molar refractivity (Wildman–Crippen MR) is 48.4 cm³/mol. The minimum atomic E-state index is 0.118. The Kier molecular flexibility index (Phi) is 2.40. The maximum absolute atomic E-state index is 9.20. The van der Waals surface area contributed by atoms with Crippen LogP contribution in [0.25, 0.3) is 0 Å². The third-order valence-electron chi connectivity index (χ3n) is 1.82. The van der Waals surface area contributed by atoms with Gasteiger partial charge in [0.05, 0.1) is 6.20 Å². The fourth-order valence-corrected chi connectivity index (χ4v) is 1.24. The van der Waals surface area contributed by atoms with Gasteiger partial charge in [-0.3, -0.25) is 0 Å². The minimum absolute atomic E-state index is 0.118. The smallest absolute Gasteiger partial charge is 0.229 e. The first-order valence-corrected chi connectivity index (χ1v) is 4.30. The molecular weight excluding hydrogens is 152 g/mol. The average Bonchev–Trinajstić information content (AvgIpc) is 2.31. The predicted octanol–water partition coefficient (Wildman–Crippen LogP) is 2.29. The minimum Gasteiger partial charge on any atom is -0.492 e. The van der Waals surface area contributed by atoms with E-state index in [1.807, 2.05) is 4.57 Å².